The van der Waals surface area contributed by atoms with Crippen LogP contribution in [0.5, 0.6) is 17.5 Å². The van der Waals surface area contributed by atoms with Crippen LogP contribution in [0.4, 0.5) is 8.78 Å². The van der Waals surface area contributed by atoms with E-state index >= 15 is 0 Å². The van der Waals surface area contributed by atoms with Crippen LogP contribution in [0.15, 0.2) is 54.6 Å². The summed E-state index contributed by atoms with van der Waals surface area (Å²) in [5.41, 5.74) is 8.35. The van der Waals surface area contributed by atoms with Crippen LogP contribution in [0.2, 0.25) is 0 Å². The molecule has 0 saturated carbocycles. The highest BCUT2D eigenvalue weighted by Gasteiger charge is 2.22. The number of pyridine rings is 1. The number of carbonyl (C=O) groups is 2. The number of hydrogen-bond donors (Lipinski definition) is 3. The molecule has 1 aromatic heterocycles. The lowest BCUT2D eigenvalue weighted by Gasteiger charge is -2.15. The predicted molar refractivity (Wildman–Crippen MR) is 123 cm³/mol. The molecule has 3 aromatic rings. The summed E-state index contributed by atoms with van der Waals surface area (Å²) in [4.78, 5) is 25.9. The van der Waals surface area contributed by atoms with Crippen LogP contribution in [-0.2, 0) is 16.1 Å². The quantitative estimate of drug-likeness (QED) is 0.355. The van der Waals surface area contributed by atoms with E-state index in [-0.39, 0.29) is 12.2 Å². The lowest BCUT2D eigenvalue weighted by atomic mass is 10.0. The highest BCUT2D eigenvalue weighted by molar-refractivity contribution is 5.86. The van der Waals surface area contributed by atoms with E-state index in [1.54, 1.807) is 18.2 Å². The second kappa shape index (κ2) is 11.2. The van der Waals surface area contributed by atoms with Gasteiger partial charge in [0, 0.05) is 18.7 Å². The second-order valence-electron chi connectivity index (χ2n) is 7.38. The van der Waals surface area contributed by atoms with Gasteiger partial charge in [0.15, 0.2) is 17.7 Å². The number of rotatable bonds is 10. The number of nitrogens with two attached hydrogens (primary N) is 1. The maximum absolute atomic E-state index is 14.5. The molecule has 0 bridgehead atoms. The van der Waals surface area contributed by atoms with Gasteiger partial charge in [0.1, 0.15) is 5.75 Å². The Morgan fingerprint density at radius 1 is 1.06 bits per heavy atom. The third kappa shape index (κ3) is 6.61. The van der Waals surface area contributed by atoms with Gasteiger partial charge in [-0.2, -0.15) is 4.98 Å². The summed E-state index contributed by atoms with van der Waals surface area (Å²) in [7, 11) is 0. The minimum atomic E-state index is -1.39. The van der Waals surface area contributed by atoms with Crippen molar-refractivity contribution in [3.05, 3.63) is 77.4 Å². The smallest absolute Gasteiger partial charge is 0.344 e. The molecule has 1 atom stereocenters. The first-order valence-corrected chi connectivity index (χ1v) is 10.5. The molecule has 3 rings (SSSR count). The minimum absolute atomic E-state index is 0.0210. The standard InChI is InChI=1S/C25H22F2N2O6/c1-2-21(25(32)33)35-24-20(27)12-19(26)23(29-24)34-18-10-14(6-7-22(30)31)8-17(11-18)16-5-3-4-15(9-16)13-28/h3-12,21H,2,13,28H2,1H3,(H,30,31)(H,32,33)/t21-/m1/s1. The van der Waals surface area contributed by atoms with Gasteiger partial charge in [0.25, 0.3) is 11.8 Å². The number of ether oxygens (including phenoxy) is 2. The third-order valence-corrected chi connectivity index (χ3v) is 4.82. The van der Waals surface area contributed by atoms with Gasteiger partial charge in [0.05, 0.1) is 0 Å². The Labute approximate surface area is 199 Å². The molecule has 0 radical (unpaired) electrons. The Morgan fingerprint density at radius 2 is 1.80 bits per heavy atom. The van der Waals surface area contributed by atoms with Crippen LogP contribution in [0.3, 0.4) is 0 Å². The Kier molecular flexibility index (Phi) is 8.11. The molecular weight excluding hydrogens is 462 g/mol. The van der Waals surface area contributed by atoms with Crippen LogP contribution in [-0.4, -0.2) is 33.2 Å². The maximum Gasteiger partial charge on any atom is 0.344 e. The Hall–Kier alpha value is -4.31. The summed E-state index contributed by atoms with van der Waals surface area (Å²) >= 11 is 0. The fourth-order valence-corrected chi connectivity index (χ4v) is 3.13. The van der Waals surface area contributed by atoms with E-state index < -0.39 is 41.4 Å². The Morgan fingerprint density at radius 3 is 2.46 bits per heavy atom. The average Bonchev–Trinajstić information content (AvgIpc) is 2.83. The normalized spacial score (nSPS) is 11.9. The number of carboxylic acids is 2. The van der Waals surface area contributed by atoms with E-state index in [2.05, 4.69) is 4.98 Å². The molecule has 0 amide bonds. The SMILES string of the molecule is CC[C@@H](Oc1nc(Oc2cc(C=CC(=O)O)cc(-c3cccc(CN)c3)c2)c(F)cc1F)C(=O)O. The van der Waals surface area contributed by atoms with Crippen LogP contribution in [0, 0.1) is 11.6 Å². The molecule has 0 saturated heterocycles. The van der Waals surface area contributed by atoms with Gasteiger partial charge in [-0.3, -0.25) is 0 Å². The van der Waals surface area contributed by atoms with Gasteiger partial charge in [-0.05, 0) is 59.0 Å². The number of halogens is 2. The van der Waals surface area contributed by atoms with Crippen molar-refractivity contribution >= 4 is 18.0 Å². The molecule has 8 nitrogen and oxygen atoms in total. The van der Waals surface area contributed by atoms with Gasteiger partial charge in [0.2, 0.25) is 0 Å². The topological polar surface area (TPSA) is 132 Å². The molecule has 0 fully saturated rings. The molecule has 0 aliphatic heterocycles. The number of carboxylic acid groups (broad SMARTS) is 2. The van der Waals surface area contributed by atoms with Crippen molar-refractivity contribution < 1.29 is 38.1 Å². The molecule has 10 heteroatoms. The average molecular weight is 484 g/mol. The molecular formula is C25H22F2N2O6. The van der Waals surface area contributed by atoms with Gasteiger partial charge in [-0.1, -0.05) is 25.1 Å². The van der Waals surface area contributed by atoms with E-state index in [1.807, 2.05) is 18.2 Å². The zero-order valence-electron chi connectivity index (χ0n) is 18.6. The van der Waals surface area contributed by atoms with Gasteiger partial charge < -0.3 is 25.4 Å². The first kappa shape index (κ1) is 25.3. The zero-order chi connectivity index (χ0) is 25.5. The van der Waals surface area contributed by atoms with Crippen molar-refractivity contribution in [2.45, 2.75) is 26.0 Å². The fourth-order valence-electron chi connectivity index (χ4n) is 3.13. The Balaban J connectivity index is 2.04. The van der Waals surface area contributed by atoms with Gasteiger partial charge in [-0.15, -0.1) is 0 Å². The van der Waals surface area contributed by atoms with Crippen LogP contribution in [0.25, 0.3) is 17.2 Å². The number of aliphatic carboxylic acids is 2. The fraction of sp³-hybridized carbons (Fsp3) is 0.160. The summed E-state index contributed by atoms with van der Waals surface area (Å²) in [6, 6.07) is 12.5. The molecule has 0 spiro atoms. The van der Waals surface area contributed by atoms with Gasteiger partial charge >= 0.3 is 11.9 Å². The molecule has 4 N–H and O–H groups in total. The third-order valence-electron chi connectivity index (χ3n) is 4.82. The molecule has 1 heterocycles. The molecule has 2 aromatic carbocycles. The van der Waals surface area contributed by atoms with Crippen molar-refractivity contribution in [3.8, 4) is 28.6 Å². The van der Waals surface area contributed by atoms with E-state index in [9.17, 15) is 18.4 Å². The van der Waals surface area contributed by atoms with Crippen molar-refractivity contribution in [1.82, 2.24) is 4.98 Å². The highest BCUT2D eigenvalue weighted by Crippen LogP contribution is 2.32. The van der Waals surface area contributed by atoms with Crippen LogP contribution in [0.1, 0.15) is 24.5 Å². The summed E-state index contributed by atoms with van der Waals surface area (Å²) in [5, 5.41) is 18.1. The first-order chi connectivity index (χ1) is 16.7. The lowest BCUT2D eigenvalue weighted by Crippen LogP contribution is -2.26. The number of nitrogens with zero attached hydrogens (tertiary/aromatic N) is 1. The monoisotopic (exact) mass is 484 g/mol. The minimum Gasteiger partial charge on any atom is -0.479 e. The Bertz CT molecular complexity index is 1280. The van der Waals surface area contributed by atoms with E-state index in [0.29, 0.717) is 23.7 Å². The maximum atomic E-state index is 14.5. The molecule has 0 unspecified atom stereocenters. The number of aromatic nitrogens is 1. The summed E-state index contributed by atoms with van der Waals surface area (Å²) in [5.74, 6) is -6.14. The molecule has 0 aliphatic rings. The highest BCUT2D eigenvalue weighted by atomic mass is 19.1. The van der Waals surface area contributed by atoms with Crippen molar-refractivity contribution in [3.63, 3.8) is 0 Å². The first-order valence-electron chi connectivity index (χ1n) is 10.5. The van der Waals surface area contributed by atoms with Crippen LogP contribution >= 0.6 is 0 Å². The largest absolute Gasteiger partial charge is 0.479 e. The molecule has 182 valence electrons. The van der Waals surface area contributed by atoms with E-state index in [0.717, 1.165) is 17.2 Å². The molecule has 35 heavy (non-hydrogen) atoms. The van der Waals surface area contributed by atoms with Gasteiger partial charge in [-0.25, -0.2) is 18.4 Å². The molecule has 0 aliphatic carbocycles. The van der Waals surface area contributed by atoms with Crippen molar-refractivity contribution in [1.29, 1.82) is 0 Å². The predicted octanol–water partition coefficient (Wildman–Crippen LogP) is 4.62. The number of benzene rings is 2. The zero-order valence-corrected chi connectivity index (χ0v) is 18.6. The van der Waals surface area contributed by atoms with Crippen molar-refractivity contribution in [2.75, 3.05) is 0 Å². The van der Waals surface area contributed by atoms with Crippen molar-refractivity contribution in [2.24, 2.45) is 5.73 Å². The second-order valence-corrected chi connectivity index (χ2v) is 7.38. The summed E-state index contributed by atoms with van der Waals surface area (Å²) in [6.07, 6.45) is 0.889. The van der Waals surface area contributed by atoms with Crippen LogP contribution < -0.4 is 15.2 Å². The van der Waals surface area contributed by atoms with E-state index in [4.69, 9.17) is 25.4 Å². The summed E-state index contributed by atoms with van der Waals surface area (Å²) in [6.45, 7) is 1.83. The number of hydrogen-bond acceptors (Lipinski definition) is 6. The van der Waals surface area contributed by atoms with E-state index in [1.165, 1.54) is 19.1 Å². The summed E-state index contributed by atoms with van der Waals surface area (Å²) < 4.78 is 39.3. The lowest BCUT2D eigenvalue weighted by molar-refractivity contribution is -0.145.